The van der Waals surface area contributed by atoms with Crippen molar-refractivity contribution in [3.05, 3.63) is 42.4 Å². The molecule has 0 spiro atoms. The van der Waals surface area contributed by atoms with Gasteiger partial charge < -0.3 is 50.2 Å². The van der Waals surface area contributed by atoms with Crippen LogP contribution in [0.5, 0.6) is 0 Å². The molecule has 0 radical (unpaired) electrons. The maximum atomic E-state index is 13.1. The van der Waals surface area contributed by atoms with Crippen molar-refractivity contribution >= 4 is 41.9 Å². The average Bonchev–Trinajstić information content (AvgIpc) is 3.57. The first kappa shape index (κ1) is 27.2. The van der Waals surface area contributed by atoms with E-state index in [-0.39, 0.29) is 23.7 Å². The third-order valence-corrected chi connectivity index (χ3v) is 7.86. The Hall–Kier alpha value is -3.34. The number of carbonyl (C=O) groups excluding carboxylic acids is 1. The van der Waals surface area contributed by atoms with E-state index in [1.807, 2.05) is 12.1 Å². The number of rotatable bonds is 8. The lowest BCUT2D eigenvalue weighted by Crippen LogP contribution is -2.54. The van der Waals surface area contributed by atoms with Crippen LogP contribution in [0.15, 0.2) is 36.8 Å². The molecule has 2 aliphatic rings. The first-order valence-corrected chi connectivity index (χ1v) is 13.4. The molecule has 210 valence electrons. The van der Waals surface area contributed by atoms with Gasteiger partial charge in [-0.2, -0.15) is 0 Å². The molecule has 8 N–H and O–H groups in total. The number of fused-ring (bicyclic) bond motifs is 2. The van der Waals surface area contributed by atoms with Gasteiger partial charge >= 0.3 is 13.7 Å². The van der Waals surface area contributed by atoms with Crippen LogP contribution in [0, 0.1) is 0 Å². The summed E-state index contributed by atoms with van der Waals surface area (Å²) in [6, 6.07) is 5.69. The molecule has 3 aromatic rings. The van der Waals surface area contributed by atoms with Crippen molar-refractivity contribution in [2.75, 3.05) is 36.0 Å². The van der Waals surface area contributed by atoms with Gasteiger partial charge in [-0.25, -0.2) is 14.5 Å². The highest BCUT2D eigenvalue weighted by atomic mass is 31.2. The molecule has 2 aliphatic heterocycles. The average molecular weight is 565 g/mol. The van der Waals surface area contributed by atoms with Gasteiger partial charge in [0.15, 0.2) is 17.9 Å². The number of hydrogen-bond donors (Lipinski definition) is 7. The first-order chi connectivity index (χ1) is 18.6. The van der Waals surface area contributed by atoms with E-state index >= 15 is 0 Å². The maximum absolute atomic E-state index is 13.1. The molecule has 0 saturated carbocycles. The Morgan fingerprint density at radius 1 is 1.31 bits per heavy atom. The topological polar surface area (TPSA) is 231 Å². The van der Waals surface area contributed by atoms with E-state index in [0.717, 1.165) is 29.3 Å². The van der Waals surface area contributed by atoms with E-state index in [1.165, 1.54) is 4.90 Å². The number of carbonyl (C=O) groups is 1. The predicted octanol–water partition coefficient (Wildman–Crippen LogP) is -1.34. The number of aliphatic hydroxyl groups excluding tert-OH is 3. The minimum atomic E-state index is -5.29. The minimum Gasteiger partial charge on any atom is -0.468 e. The quantitative estimate of drug-likeness (QED) is 0.124. The van der Waals surface area contributed by atoms with Crippen LogP contribution < -0.4 is 15.6 Å². The summed E-state index contributed by atoms with van der Waals surface area (Å²) in [5.74, 6) is -1.10. The molecule has 2 aromatic heterocycles. The number of aromatic nitrogens is 3. The third-order valence-electron chi connectivity index (χ3n) is 6.83. The van der Waals surface area contributed by atoms with Crippen molar-refractivity contribution < 1.29 is 43.9 Å². The second-order valence-corrected chi connectivity index (χ2v) is 10.5. The summed E-state index contributed by atoms with van der Waals surface area (Å²) in [6.07, 6.45) is -2.79. The van der Waals surface area contributed by atoms with Crippen LogP contribution in [0.1, 0.15) is 5.56 Å². The number of methoxy groups -OCH3 is 1. The van der Waals surface area contributed by atoms with Crippen LogP contribution in [-0.2, 0) is 25.3 Å². The summed E-state index contributed by atoms with van der Waals surface area (Å²) in [4.78, 5) is 46.7. The fraction of sp³-hybridized carbons (Fsp3) is 0.409. The summed E-state index contributed by atoms with van der Waals surface area (Å²) in [7, 11) is -4.19. The van der Waals surface area contributed by atoms with E-state index in [4.69, 9.17) is 15.2 Å². The maximum Gasteiger partial charge on any atom is 0.421 e. The number of benzene rings is 1. The van der Waals surface area contributed by atoms with Crippen molar-refractivity contribution in [2.24, 2.45) is 0 Å². The van der Waals surface area contributed by atoms with Crippen LogP contribution in [0.2, 0.25) is 0 Å². The van der Waals surface area contributed by atoms with Crippen LogP contribution in [0.25, 0.3) is 10.9 Å². The van der Waals surface area contributed by atoms with E-state index < -0.39 is 57.6 Å². The molecule has 0 bridgehead atoms. The Morgan fingerprint density at radius 3 is 2.72 bits per heavy atom. The molecule has 0 amide bonds. The fourth-order valence-corrected chi connectivity index (χ4v) is 5.99. The van der Waals surface area contributed by atoms with Crippen molar-refractivity contribution in [1.29, 1.82) is 0 Å². The van der Waals surface area contributed by atoms with E-state index in [0.29, 0.717) is 10.3 Å². The molecular formula is C22H28N7O9P. The molecule has 17 heteroatoms. The van der Waals surface area contributed by atoms with Gasteiger partial charge in [0.1, 0.15) is 43.0 Å². The van der Waals surface area contributed by atoms with Crippen LogP contribution in [-0.4, -0.2) is 102 Å². The third kappa shape index (κ3) is 4.70. The number of nitrogens with two attached hydrogens (primary N) is 1. The van der Waals surface area contributed by atoms with Gasteiger partial charge in [0.05, 0.1) is 13.7 Å². The molecule has 1 aromatic carbocycles. The number of hydrazine groups is 1. The number of H-pyrrole nitrogens is 1. The molecule has 3 unspecified atom stereocenters. The molecule has 1 fully saturated rings. The highest BCUT2D eigenvalue weighted by molar-refractivity contribution is 7.49. The number of para-hydroxylation sites is 1. The monoisotopic (exact) mass is 565 g/mol. The Labute approximate surface area is 221 Å². The summed E-state index contributed by atoms with van der Waals surface area (Å²) in [5, 5.41) is 32.2. The van der Waals surface area contributed by atoms with Gasteiger partial charge in [0.25, 0.3) is 0 Å². The number of ether oxygens (including phenoxy) is 2. The van der Waals surface area contributed by atoms with E-state index in [2.05, 4.69) is 15.0 Å². The molecule has 1 saturated heterocycles. The fourth-order valence-electron chi connectivity index (χ4n) is 5.02. The zero-order valence-corrected chi connectivity index (χ0v) is 21.5. The van der Waals surface area contributed by atoms with Gasteiger partial charge in [-0.15, -0.1) is 4.78 Å². The number of esters is 1. The number of hydrogen-bond acceptors (Lipinski definition) is 12. The number of aliphatic hydroxyl groups is 3. The van der Waals surface area contributed by atoms with Crippen molar-refractivity contribution in [2.45, 2.75) is 37.0 Å². The van der Waals surface area contributed by atoms with Crippen molar-refractivity contribution in [1.82, 2.24) is 19.7 Å². The number of anilines is 3. The second-order valence-electron chi connectivity index (χ2n) is 9.11. The van der Waals surface area contributed by atoms with Crippen LogP contribution in [0.4, 0.5) is 17.3 Å². The molecule has 5 rings (SSSR count). The predicted molar refractivity (Wildman–Crippen MR) is 136 cm³/mol. The summed E-state index contributed by atoms with van der Waals surface area (Å²) >= 11 is 0. The summed E-state index contributed by atoms with van der Waals surface area (Å²) in [5.41, 5.74) is 7.42. The minimum absolute atomic E-state index is 0.0199. The van der Waals surface area contributed by atoms with Gasteiger partial charge in [0, 0.05) is 23.5 Å². The number of nitrogen functional groups attached to an aromatic ring is 1. The van der Waals surface area contributed by atoms with Gasteiger partial charge in [-0.05, 0) is 11.6 Å². The Bertz CT molecular complexity index is 1420. The second kappa shape index (κ2) is 10.3. The van der Waals surface area contributed by atoms with Crippen LogP contribution >= 0.6 is 7.75 Å². The highest BCUT2D eigenvalue weighted by Crippen LogP contribution is 2.51. The molecule has 39 heavy (non-hydrogen) atoms. The van der Waals surface area contributed by atoms with E-state index in [9.17, 15) is 34.5 Å². The van der Waals surface area contributed by atoms with E-state index in [1.54, 1.807) is 18.3 Å². The van der Waals surface area contributed by atoms with Crippen molar-refractivity contribution in [3.8, 4) is 0 Å². The normalized spacial score (nSPS) is 24.0. The Balaban J connectivity index is 1.59. The zero-order valence-electron chi connectivity index (χ0n) is 20.6. The Morgan fingerprint density at radius 2 is 2.05 bits per heavy atom. The molecule has 16 nitrogen and oxygen atoms in total. The summed E-state index contributed by atoms with van der Waals surface area (Å²) < 4.78 is 24.2. The number of nitrogens with zero attached hydrogens (tertiary/aromatic N) is 5. The molecule has 5 atom stereocenters. The highest BCUT2D eigenvalue weighted by Gasteiger charge is 2.52. The number of nitrogens with one attached hydrogen (secondary N) is 1. The molecule has 4 heterocycles. The lowest BCUT2D eigenvalue weighted by molar-refractivity contribution is -0.145. The lowest BCUT2D eigenvalue weighted by atomic mass is 10.1. The zero-order chi connectivity index (χ0) is 28.1. The Kier molecular flexibility index (Phi) is 7.21. The lowest BCUT2D eigenvalue weighted by Gasteiger charge is -2.38. The molecule has 0 aliphatic carbocycles. The summed E-state index contributed by atoms with van der Waals surface area (Å²) in [6.45, 7) is -1.01. The largest absolute Gasteiger partial charge is 0.468 e. The smallest absolute Gasteiger partial charge is 0.421 e. The van der Waals surface area contributed by atoms with Gasteiger partial charge in [-0.1, -0.05) is 18.2 Å². The molecular weight excluding hydrogens is 537 g/mol. The number of aromatic amines is 1. The standard InChI is InChI=1S/C22H28N7O9P/c1-37-22(33)14(6-11-7-24-13-5-3-2-4-12(11)13)29(39(34,35)36)28-10-27(20-16(28)19(23)25-9-26-20)21-18(32)17(31)15(8-30)38-21/h2-5,7,9,14-15,17-18,21,24,30-32H,6,8,10H2,1H3,(H2,23,25,26)(H2,34,35,36)/t14?,15-,17?,18?,21-/m1/s1. The van der Waals surface area contributed by atoms with Crippen molar-refractivity contribution in [3.63, 3.8) is 0 Å². The first-order valence-electron chi connectivity index (χ1n) is 11.8. The SMILES string of the molecule is COC(=O)C(Cc1c[nH]c2ccccc12)N(N1CN([C@@H]2O[C@H](CO)C(O)C2O)c2ncnc(N)c21)P(=O)(O)O. The van der Waals surface area contributed by atoms with Gasteiger partial charge in [-0.3, -0.25) is 9.80 Å². The van der Waals surface area contributed by atoms with Gasteiger partial charge in [0.2, 0.25) is 0 Å². The van der Waals surface area contributed by atoms with Crippen LogP contribution in [0.3, 0.4) is 0 Å².